The molecular formula is C14H21ClN2O. The molecule has 4 heteroatoms. The monoisotopic (exact) mass is 268 g/mol. The van der Waals surface area contributed by atoms with Crippen LogP contribution in [0.5, 0.6) is 0 Å². The number of hydrogen-bond acceptors (Lipinski definition) is 3. The fourth-order valence-corrected chi connectivity index (χ4v) is 2.70. The Morgan fingerprint density at radius 3 is 2.50 bits per heavy atom. The number of aliphatic hydroxyl groups is 1. The molecule has 1 aliphatic carbocycles. The summed E-state index contributed by atoms with van der Waals surface area (Å²) in [4.78, 5) is 0. The van der Waals surface area contributed by atoms with Crippen LogP contribution < -0.4 is 11.1 Å². The lowest BCUT2D eigenvalue weighted by Gasteiger charge is -2.27. The average Bonchev–Trinajstić information content (AvgIpc) is 2.54. The highest BCUT2D eigenvalue weighted by Gasteiger charge is 2.27. The van der Waals surface area contributed by atoms with Crippen molar-refractivity contribution in [3.8, 4) is 0 Å². The van der Waals surface area contributed by atoms with Gasteiger partial charge in [-0.1, -0.05) is 37.3 Å². The molecule has 0 aromatic heterocycles. The highest BCUT2D eigenvalue weighted by molar-refractivity contribution is 6.31. The van der Waals surface area contributed by atoms with Crippen molar-refractivity contribution in [3.05, 3.63) is 23.2 Å². The van der Waals surface area contributed by atoms with Gasteiger partial charge in [-0.05, 0) is 31.0 Å². The maximum Gasteiger partial charge on any atom is 0.0819 e. The number of anilines is 2. The van der Waals surface area contributed by atoms with Crippen molar-refractivity contribution in [3.63, 3.8) is 0 Å². The number of nitrogens with one attached hydrogen (secondary N) is 1. The Bertz CT molecular complexity index is 401. The summed E-state index contributed by atoms with van der Waals surface area (Å²) in [6.45, 7) is 0.554. The topological polar surface area (TPSA) is 58.3 Å². The molecule has 1 aromatic rings. The quantitative estimate of drug-likeness (QED) is 0.582. The third-order valence-electron chi connectivity index (χ3n) is 3.66. The zero-order valence-corrected chi connectivity index (χ0v) is 11.3. The largest absolute Gasteiger partial charge is 0.397 e. The first-order valence-electron chi connectivity index (χ1n) is 6.60. The Hall–Kier alpha value is -0.930. The van der Waals surface area contributed by atoms with Crippen LogP contribution in [0.1, 0.15) is 38.5 Å². The van der Waals surface area contributed by atoms with Gasteiger partial charge in [0.1, 0.15) is 0 Å². The molecule has 0 amide bonds. The summed E-state index contributed by atoms with van der Waals surface area (Å²) in [6.07, 6.45) is 6.40. The molecule has 0 aliphatic heterocycles. The second kappa shape index (κ2) is 5.81. The SMILES string of the molecule is Nc1cc(Cl)ccc1NCC1(O)CCCCCC1. The van der Waals surface area contributed by atoms with Crippen molar-refractivity contribution in [1.82, 2.24) is 0 Å². The number of hydrogen-bond donors (Lipinski definition) is 3. The summed E-state index contributed by atoms with van der Waals surface area (Å²) < 4.78 is 0. The molecule has 4 N–H and O–H groups in total. The summed E-state index contributed by atoms with van der Waals surface area (Å²) in [7, 11) is 0. The molecule has 18 heavy (non-hydrogen) atoms. The number of rotatable bonds is 3. The lowest BCUT2D eigenvalue weighted by atomic mass is 9.94. The van der Waals surface area contributed by atoms with Gasteiger partial charge in [0.15, 0.2) is 0 Å². The summed E-state index contributed by atoms with van der Waals surface area (Å²) in [5, 5.41) is 14.4. The third-order valence-corrected chi connectivity index (χ3v) is 3.89. The molecule has 1 aliphatic rings. The summed E-state index contributed by atoms with van der Waals surface area (Å²) in [6, 6.07) is 5.39. The molecule has 1 saturated carbocycles. The number of nitrogen functional groups attached to an aromatic ring is 1. The molecule has 0 unspecified atom stereocenters. The Balaban J connectivity index is 1.97. The Morgan fingerprint density at radius 2 is 1.89 bits per heavy atom. The van der Waals surface area contributed by atoms with E-state index in [-0.39, 0.29) is 0 Å². The van der Waals surface area contributed by atoms with Gasteiger partial charge in [0.2, 0.25) is 0 Å². The zero-order valence-electron chi connectivity index (χ0n) is 10.6. The van der Waals surface area contributed by atoms with E-state index in [1.807, 2.05) is 6.07 Å². The molecule has 1 fully saturated rings. The molecule has 2 rings (SSSR count). The van der Waals surface area contributed by atoms with Crippen molar-refractivity contribution >= 4 is 23.0 Å². The van der Waals surface area contributed by atoms with Gasteiger partial charge in [-0.25, -0.2) is 0 Å². The van der Waals surface area contributed by atoms with Gasteiger partial charge in [0.25, 0.3) is 0 Å². The average molecular weight is 269 g/mol. The first-order chi connectivity index (χ1) is 8.59. The van der Waals surface area contributed by atoms with Gasteiger partial charge >= 0.3 is 0 Å². The van der Waals surface area contributed by atoms with E-state index in [2.05, 4.69) is 5.32 Å². The van der Waals surface area contributed by atoms with Crippen LogP contribution in [0.15, 0.2) is 18.2 Å². The van der Waals surface area contributed by atoms with Crippen molar-refractivity contribution in [2.75, 3.05) is 17.6 Å². The first kappa shape index (κ1) is 13.5. The summed E-state index contributed by atoms with van der Waals surface area (Å²) in [5.74, 6) is 0. The van der Waals surface area contributed by atoms with E-state index >= 15 is 0 Å². The molecule has 0 atom stereocenters. The highest BCUT2D eigenvalue weighted by Crippen LogP contribution is 2.29. The summed E-state index contributed by atoms with van der Waals surface area (Å²) >= 11 is 5.86. The van der Waals surface area contributed by atoms with E-state index in [0.717, 1.165) is 31.4 Å². The normalized spacial score (nSPS) is 19.2. The van der Waals surface area contributed by atoms with Crippen LogP contribution >= 0.6 is 11.6 Å². The van der Waals surface area contributed by atoms with E-state index in [0.29, 0.717) is 17.3 Å². The maximum atomic E-state index is 10.5. The van der Waals surface area contributed by atoms with Crippen molar-refractivity contribution in [1.29, 1.82) is 0 Å². The first-order valence-corrected chi connectivity index (χ1v) is 6.98. The predicted octanol–water partition coefficient (Wildman–Crippen LogP) is 3.42. The van der Waals surface area contributed by atoms with Gasteiger partial charge in [-0.15, -0.1) is 0 Å². The Morgan fingerprint density at radius 1 is 1.22 bits per heavy atom. The number of benzene rings is 1. The minimum atomic E-state index is -0.595. The molecular weight excluding hydrogens is 248 g/mol. The van der Waals surface area contributed by atoms with Crippen molar-refractivity contribution < 1.29 is 5.11 Å². The molecule has 0 spiro atoms. The Kier molecular flexibility index (Phi) is 4.36. The molecule has 1 aromatic carbocycles. The predicted molar refractivity (Wildman–Crippen MR) is 77.0 cm³/mol. The lowest BCUT2D eigenvalue weighted by Crippen LogP contribution is -2.36. The van der Waals surface area contributed by atoms with Crippen LogP contribution in [-0.4, -0.2) is 17.3 Å². The van der Waals surface area contributed by atoms with Gasteiger partial charge in [0.05, 0.1) is 17.0 Å². The van der Waals surface area contributed by atoms with Crippen molar-refractivity contribution in [2.24, 2.45) is 0 Å². The van der Waals surface area contributed by atoms with Crippen LogP contribution in [0, 0.1) is 0 Å². The molecule has 0 bridgehead atoms. The minimum absolute atomic E-state index is 0.554. The second-order valence-electron chi connectivity index (χ2n) is 5.22. The molecule has 100 valence electrons. The second-order valence-corrected chi connectivity index (χ2v) is 5.66. The minimum Gasteiger partial charge on any atom is -0.397 e. The smallest absolute Gasteiger partial charge is 0.0819 e. The number of nitrogens with two attached hydrogens (primary N) is 1. The molecule has 0 heterocycles. The Labute approximate surface area is 113 Å². The maximum absolute atomic E-state index is 10.5. The van der Waals surface area contributed by atoms with Gasteiger partial charge < -0.3 is 16.2 Å². The van der Waals surface area contributed by atoms with E-state index in [4.69, 9.17) is 17.3 Å². The highest BCUT2D eigenvalue weighted by atomic mass is 35.5. The van der Waals surface area contributed by atoms with Gasteiger partial charge in [0, 0.05) is 11.6 Å². The van der Waals surface area contributed by atoms with Crippen LogP contribution in [0.2, 0.25) is 5.02 Å². The van der Waals surface area contributed by atoms with E-state index in [1.54, 1.807) is 12.1 Å². The summed E-state index contributed by atoms with van der Waals surface area (Å²) in [5.41, 5.74) is 6.76. The molecule has 0 saturated heterocycles. The lowest BCUT2D eigenvalue weighted by molar-refractivity contribution is 0.0381. The molecule has 0 radical (unpaired) electrons. The zero-order chi connectivity index (χ0) is 13.0. The number of halogens is 1. The van der Waals surface area contributed by atoms with Crippen LogP contribution in [0.4, 0.5) is 11.4 Å². The van der Waals surface area contributed by atoms with Gasteiger partial charge in [-0.2, -0.15) is 0 Å². The fraction of sp³-hybridized carbons (Fsp3) is 0.571. The standard InChI is InChI=1S/C14H21ClN2O/c15-11-5-6-13(12(16)9-11)17-10-14(18)7-3-1-2-4-8-14/h5-6,9,17-18H,1-4,7-8,10,16H2. The van der Waals surface area contributed by atoms with Crippen molar-refractivity contribution in [2.45, 2.75) is 44.1 Å². The van der Waals surface area contributed by atoms with Crippen LogP contribution in [0.3, 0.4) is 0 Å². The van der Waals surface area contributed by atoms with Crippen LogP contribution in [0.25, 0.3) is 0 Å². The van der Waals surface area contributed by atoms with Gasteiger partial charge in [-0.3, -0.25) is 0 Å². The van der Waals surface area contributed by atoms with E-state index < -0.39 is 5.60 Å². The molecule has 3 nitrogen and oxygen atoms in total. The van der Waals surface area contributed by atoms with E-state index in [9.17, 15) is 5.11 Å². The van der Waals surface area contributed by atoms with E-state index in [1.165, 1.54) is 12.8 Å². The third kappa shape index (κ3) is 3.53. The van der Waals surface area contributed by atoms with Crippen LogP contribution in [-0.2, 0) is 0 Å². The fourth-order valence-electron chi connectivity index (χ4n) is 2.52.